The molecule has 1 saturated heterocycles. The average Bonchev–Trinajstić information content (AvgIpc) is 3.49. The summed E-state index contributed by atoms with van der Waals surface area (Å²) in [5.74, 6) is 0.142. The molecule has 5 rings (SSSR count). The largest absolute Gasteiger partial charge is 0.450 e. The standard InChI is InChI=1S/C25H29ClN6O4S/c1-3-36-25(35)32-9-8-17(29-23(34)24-31-21-20(37-24)7-4-13(2)27-21)19(12-32)30-22(33)18-11-14-10-15(26)5-6-16(14)28-18/h5-6,10-11,13,17,19,27-28H,3-4,7-9,12H2,1-2H3,(H,29,34)(H,30,33)/t13?,17-,19+/m0/s1. The number of fused-ring (bicyclic) bond motifs is 2. The molecule has 196 valence electrons. The summed E-state index contributed by atoms with van der Waals surface area (Å²) in [6, 6.07) is 6.45. The highest BCUT2D eigenvalue weighted by Crippen LogP contribution is 2.30. The van der Waals surface area contributed by atoms with E-state index in [4.69, 9.17) is 16.3 Å². The molecule has 4 N–H and O–H groups in total. The maximum Gasteiger partial charge on any atom is 0.409 e. The number of halogens is 1. The van der Waals surface area contributed by atoms with Crippen molar-refractivity contribution in [1.82, 2.24) is 25.5 Å². The summed E-state index contributed by atoms with van der Waals surface area (Å²) < 4.78 is 5.16. The van der Waals surface area contributed by atoms with Gasteiger partial charge in [0.15, 0.2) is 5.01 Å². The third kappa shape index (κ3) is 5.52. The minimum absolute atomic E-state index is 0.203. The Labute approximate surface area is 223 Å². The molecule has 0 saturated carbocycles. The fourth-order valence-electron chi connectivity index (χ4n) is 4.74. The number of benzene rings is 1. The number of rotatable bonds is 5. The van der Waals surface area contributed by atoms with Crippen LogP contribution in [-0.4, -0.2) is 70.6 Å². The molecule has 2 aliphatic heterocycles. The second-order valence-electron chi connectivity index (χ2n) is 9.38. The summed E-state index contributed by atoms with van der Waals surface area (Å²) in [5, 5.41) is 11.2. The first-order valence-electron chi connectivity index (χ1n) is 12.4. The van der Waals surface area contributed by atoms with Gasteiger partial charge < -0.3 is 30.6 Å². The molecule has 0 bridgehead atoms. The number of carbonyl (C=O) groups is 3. The predicted octanol–water partition coefficient (Wildman–Crippen LogP) is 3.78. The van der Waals surface area contributed by atoms with E-state index in [2.05, 4.69) is 32.8 Å². The van der Waals surface area contributed by atoms with Gasteiger partial charge in [0.2, 0.25) is 0 Å². The summed E-state index contributed by atoms with van der Waals surface area (Å²) in [6.45, 7) is 4.69. The molecular weight excluding hydrogens is 516 g/mol. The van der Waals surface area contributed by atoms with Gasteiger partial charge in [-0.15, -0.1) is 11.3 Å². The van der Waals surface area contributed by atoms with Crippen molar-refractivity contribution in [3.63, 3.8) is 0 Å². The van der Waals surface area contributed by atoms with Crippen LogP contribution in [0.5, 0.6) is 0 Å². The Kier molecular flexibility index (Phi) is 7.25. The first-order chi connectivity index (χ1) is 17.8. The minimum Gasteiger partial charge on any atom is -0.450 e. The number of aromatic nitrogens is 2. The monoisotopic (exact) mass is 544 g/mol. The zero-order chi connectivity index (χ0) is 26.1. The van der Waals surface area contributed by atoms with Crippen molar-refractivity contribution in [2.24, 2.45) is 0 Å². The lowest BCUT2D eigenvalue weighted by atomic mass is 9.99. The Morgan fingerprint density at radius 2 is 2.00 bits per heavy atom. The van der Waals surface area contributed by atoms with Crippen LogP contribution in [-0.2, 0) is 11.2 Å². The highest BCUT2D eigenvalue weighted by molar-refractivity contribution is 7.14. The Morgan fingerprint density at radius 3 is 2.81 bits per heavy atom. The second kappa shape index (κ2) is 10.6. The van der Waals surface area contributed by atoms with Crippen LogP contribution in [0.4, 0.5) is 10.6 Å². The van der Waals surface area contributed by atoms with E-state index in [0.717, 1.165) is 34.4 Å². The lowest BCUT2D eigenvalue weighted by molar-refractivity contribution is 0.0720. The lowest BCUT2D eigenvalue weighted by Crippen LogP contribution is -2.61. The molecule has 2 aliphatic rings. The van der Waals surface area contributed by atoms with E-state index in [0.29, 0.717) is 34.7 Å². The number of carbonyl (C=O) groups excluding carboxylic acids is 3. The van der Waals surface area contributed by atoms with E-state index in [-0.39, 0.29) is 25.0 Å². The number of nitrogens with zero attached hydrogens (tertiary/aromatic N) is 2. The van der Waals surface area contributed by atoms with Gasteiger partial charge in [0, 0.05) is 39.9 Å². The van der Waals surface area contributed by atoms with Gasteiger partial charge in [0.1, 0.15) is 11.5 Å². The summed E-state index contributed by atoms with van der Waals surface area (Å²) in [5.41, 5.74) is 1.15. The lowest BCUT2D eigenvalue weighted by Gasteiger charge is -2.38. The second-order valence-corrected chi connectivity index (χ2v) is 10.9. The van der Waals surface area contributed by atoms with Crippen molar-refractivity contribution in [1.29, 1.82) is 0 Å². The van der Waals surface area contributed by atoms with Gasteiger partial charge in [-0.3, -0.25) is 9.59 Å². The van der Waals surface area contributed by atoms with Crippen LogP contribution in [0.25, 0.3) is 10.9 Å². The maximum atomic E-state index is 13.2. The Bertz CT molecular complexity index is 1340. The van der Waals surface area contributed by atoms with Crippen LogP contribution in [0.3, 0.4) is 0 Å². The molecule has 1 aromatic carbocycles. The van der Waals surface area contributed by atoms with Crippen LogP contribution >= 0.6 is 22.9 Å². The van der Waals surface area contributed by atoms with Gasteiger partial charge in [-0.2, -0.15) is 0 Å². The predicted molar refractivity (Wildman–Crippen MR) is 143 cm³/mol. The van der Waals surface area contributed by atoms with Crippen molar-refractivity contribution in [3.05, 3.63) is 44.9 Å². The van der Waals surface area contributed by atoms with Gasteiger partial charge in [0.05, 0.1) is 18.7 Å². The fraction of sp³-hybridized carbons (Fsp3) is 0.440. The molecule has 37 heavy (non-hydrogen) atoms. The molecule has 2 aromatic heterocycles. The van der Waals surface area contributed by atoms with Crippen LogP contribution in [0.15, 0.2) is 24.3 Å². The minimum atomic E-state index is -0.530. The van der Waals surface area contributed by atoms with Crippen LogP contribution in [0.2, 0.25) is 5.02 Å². The summed E-state index contributed by atoms with van der Waals surface area (Å²) in [7, 11) is 0. The smallest absolute Gasteiger partial charge is 0.409 e. The van der Waals surface area contributed by atoms with E-state index >= 15 is 0 Å². The third-order valence-corrected chi connectivity index (χ3v) is 8.03. The zero-order valence-corrected chi connectivity index (χ0v) is 22.2. The molecule has 1 fully saturated rings. The van der Waals surface area contributed by atoms with Crippen molar-refractivity contribution in [3.8, 4) is 0 Å². The first kappa shape index (κ1) is 25.3. The Hall–Kier alpha value is -3.31. The Morgan fingerprint density at radius 1 is 1.19 bits per heavy atom. The zero-order valence-electron chi connectivity index (χ0n) is 20.6. The van der Waals surface area contributed by atoms with Crippen LogP contribution < -0.4 is 16.0 Å². The van der Waals surface area contributed by atoms with Gasteiger partial charge >= 0.3 is 6.09 Å². The van der Waals surface area contributed by atoms with Crippen molar-refractivity contribution in [2.75, 3.05) is 25.0 Å². The number of thiazole rings is 1. The molecule has 0 spiro atoms. The summed E-state index contributed by atoms with van der Waals surface area (Å²) >= 11 is 7.47. The van der Waals surface area contributed by atoms with Crippen molar-refractivity contribution < 1.29 is 19.1 Å². The molecule has 3 amide bonds. The highest BCUT2D eigenvalue weighted by atomic mass is 35.5. The highest BCUT2D eigenvalue weighted by Gasteiger charge is 2.35. The van der Waals surface area contributed by atoms with Crippen molar-refractivity contribution in [2.45, 2.75) is 51.2 Å². The fourth-order valence-corrected chi connectivity index (χ4v) is 5.86. The summed E-state index contributed by atoms with van der Waals surface area (Å²) in [6.07, 6.45) is 1.90. The first-order valence-corrected chi connectivity index (χ1v) is 13.6. The molecule has 0 radical (unpaired) electrons. The number of ether oxygens (including phenoxy) is 1. The topological polar surface area (TPSA) is 128 Å². The number of amides is 3. The maximum absolute atomic E-state index is 13.2. The quantitative estimate of drug-likeness (QED) is 0.387. The average molecular weight is 545 g/mol. The number of nitrogens with one attached hydrogen (secondary N) is 4. The van der Waals surface area contributed by atoms with E-state index < -0.39 is 18.2 Å². The number of piperidine rings is 1. The normalized spacial score (nSPS) is 21.2. The van der Waals surface area contributed by atoms with Gasteiger partial charge in [0.25, 0.3) is 11.8 Å². The molecule has 1 unspecified atom stereocenters. The SMILES string of the molecule is CCOC(=O)N1CC[C@H](NC(=O)c2nc3c(s2)CCC(C)N3)[C@H](NC(=O)c2cc3cc(Cl)ccc3[nH]2)C1. The van der Waals surface area contributed by atoms with Gasteiger partial charge in [-0.05, 0) is 57.4 Å². The third-order valence-electron chi connectivity index (χ3n) is 6.68. The summed E-state index contributed by atoms with van der Waals surface area (Å²) in [4.78, 5) is 49.0. The molecule has 0 aliphatic carbocycles. The van der Waals surface area contributed by atoms with Crippen LogP contribution in [0.1, 0.15) is 51.9 Å². The number of aryl methyl sites for hydroxylation is 1. The number of aromatic amines is 1. The number of likely N-dealkylation sites (tertiary alicyclic amines) is 1. The number of hydrogen-bond donors (Lipinski definition) is 4. The molecular formula is C25H29ClN6O4S. The van der Waals surface area contributed by atoms with Crippen molar-refractivity contribution >= 4 is 57.6 Å². The molecule has 10 nitrogen and oxygen atoms in total. The number of hydrogen-bond acceptors (Lipinski definition) is 7. The van der Waals surface area contributed by atoms with E-state index in [1.807, 2.05) is 6.07 Å². The number of H-pyrrole nitrogens is 1. The van der Waals surface area contributed by atoms with E-state index in [9.17, 15) is 14.4 Å². The molecule has 12 heteroatoms. The Balaban J connectivity index is 1.33. The van der Waals surface area contributed by atoms with E-state index in [1.54, 1.807) is 30.0 Å². The van der Waals surface area contributed by atoms with Crippen LogP contribution in [0, 0.1) is 0 Å². The van der Waals surface area contributed by atoms with Gasteiger partial charge in [-0.1, -0.05) is 11.6 Å². The van der Waals surface area contributed by atoms with Gasteiger partial charge in [-0.25, -0.2) is 9.78 Å². The van der Waals surface area contributed by atoms with E-state index in [1.165, 1.54) is 11.3 Å². The molecule has 3 aromatic rings. The number of anilines is 1. The molecule has 4 heterocycles. The molecule has 3 atom stereocenters.